The average Bonchev–Trinajstić information content (AvgIpc) is 2.28. The molecule has 1 rings (SSSR count). The van der Waals surface area contributed by atoms with Crippen LogP contribution in [0.5, 0.6) is 5.75 Å². The van der Waals surface area contributed by atoms with Crippen LogP contribution in [-0.4, -0.2) is 25.1 Å². The normalized spacial score (nSPS) is 11.2. The van der Waals surface area contributed by atoms with E-state index in [4.69, 9.17) is 10.5 Å². The molecule has 0 aliphatic rings. The lowest BCUT2D eigenvalue weighted by atomic mass is 10.1. The second-order valence-corrected chi connectivity index (χ2v) is 4.36. The van der Waals surface area contributed by atoms with Crippen LogP contribution in [0.2, 0.25) is 0 Å². The van der Waals surface area contributed by atoms with Crippen molar-refractivity contribution in [1.29, 1.82) is 0 Å². The quantitative estimate of drug-likeness (QED) is 0.828. The van der Waals surface area contributed by atoms with Gasteiger partial charge in [-0.15, -0.1) is 0 Å². The zero-order valence-corrected chi connectivity index (χ0v) is 10.7. The maximum Gasteiger partial charge on any atom is 0.123 e. The molecule has 0 atom stereocenters. The summed E-state index contributed by atoms with van der Waals surface area (Å²) in [5.41, 5.74) is 7.99. The van der Waals surface area contributed by atoms with Crippen LogP contribution in [-0.2, 0) is 13.1 Å². The standard InChI is InChI=1S/C13H22N2O/c1-10(2)15(3)9-12-7-11(8-14)5-6-13(12)16-4/h5-7,10H,8-9,14H2,1-4H3. The molecule has 0 bridgehead atoms. The Balaban J connectivity index is 2.91. The Bertz CT molecular complexity index is 337. The Morgan fingerprint density at radius 2 is 2.06 bits per heavy atom. The van der Waals surface area contributed by atoms with E-state index in [1.165, 1.54) is 5.56 Å². The monoisotopic (exact) mass is 222 g/mol. The summed E-state index contributed by atoms with van der Waals surface area (Å²) < 4.78 is 5.36. The van der Waals surface area contributed by atoms with Gasteiger partial charge in [0.05, 0.1) is 7.11 Å². The van der Waals surface area contributed by atoms with E-state index in [1.54, 1.807) is 7.11 Å². The number of rotatable bonds is 5. The number of benzene rings is 1. The Morgan fingerprint density at radius 1 is 1.38 bits per heavy atom. The largest absolute Gasteiger partial charge is 0.496 e. The van der Waals surface area contributed by atoms with Crippen molar-refractivity contribution in [3.8, 4) is 5.75 Å². The summed E-state index contributed by atoms with van der Waals surface area (Å²) in [5, 5.41) is 0. The zero-order chi connectivity index (χ0) is 12.1. The van der Waals surface area contributed by atoms with Gasteiger partial charge in [-0.3, -0.25) is 4.90 Å². The maximum atomic E-state index is 5.65. The smallest absolute Gasteiger partial charge is 0.123 e. The van der Waals surface area contributed by atoms with Crippen molar-refractivity contribution in [3.63, 3.8) is 0 Å². The molecule has 1 aromatic carbocycles. The first-order valence-electron chi connectivity index (χ1n) is 5.64. The van der Waals surface area contributed by atoms with E-state index in [0.717, 1.165) is 17.9 Å². The molecule has 3 heteroatoms. The zero-order valence-electron chi connectivity index (χ0n) is 10.7. The van der Waals surface area contributed by atoms with Gasteiger partial charge in [-0.25, -0.2) is 0 Å². The lowest BCUT2D eigenvalue weighted by Gasteiger charge is -2.22. The van der Waals surface area contributed by atoms with Crippen LogP contribution >= 0.6 is 0 Å². The molecule has 90 valence electrons. The summed E-state index contributed by atoms with van der Waals surface area (Å²) in [6.07, 6.45) is 0. The first-order valence-corrected chi connectivity index (χ1v) is 5.64. The summed E-state index contributed by atoms with van der Waals surface area (Å²) in [5.74, 6) is 0.935. The Kier molecular flexibility index (Phi) is 4.77. The first-order chi connectivity index (χ1) is 7.58. The lowest BCUT2D eigenvalue weighted by molar-refractivity contribution is 0.261. The summed E-state index contributed by atoms with van der Waals surface area (Å²) in [6, 6.07) is 6.65. The number of hydrogen-bond donors (Lipinski definition) is 1. The number of nitrogens with zero attached hydrogens (tertiary/aromatic N) is 1. The summed E-state index contributed by atoms with van der Waals surface area (Å²) in [4.78, 5) is 2.28. The number of methoxy groups -OCH3 is 1. The highest BCUT2D eigenvalue weighted by molar-refractivity contribution is 5.37. The van der Waals surface area contributed by atoms with Gasteiger partial charge in [0.25, 0.3) is 0 Å². The molecule has 0 saturated heterocycles. The molecule has 0 radical (unpaired) electrons. The predicted octanol–water partition coefficient (Wildman–Crippen LogP) is 1.99. The van der Waals surface area contributed by atoms with E-state index >= 15 is 0 Å². The second kappa shape index (κ2) is 5.87. The molecule has 0 aromatic heterocycles. The minimum absolute atomic E-state index is 0.520. The minimum Gasteiger partial charge on any atom is -0.496 e. The second-order valence-electron chi connectivity index (χ2n) is 4.36. The molecule has 3 nitrogen and oxygen atoms in total. The molecule has 0 aliphatic heterocycles. The minimum atomic E-state index is 0.520. The highest BCUT2D eigenvalue weighted by Gasteiger charge is 2.09. The van der Waals surface area contributed by atoms with Crippen LogP contribution in [0.25, 0.3) is 0 Å². The number of ether oxygens (including phenoxy) is 1. The fourth-order valence-corrected chi connectivity index (χ4v) is 1.53. The molecule has 0 fully saturated rings. The number of hydrogen-bond acceptors (Lipinski definition) is 3. The molecule has 0 unspecified atom stereocenters. The van der Waals surface area contributed by atoms with Gasteiger partial charge in [0.1, 0.15) is 5.75 Å². The molecule has 0 saturated carbocycles. The third-order valence-electron chi connectivity index (χ3n) is 2.88. The van der Waals surface area contributed by atoms with Gasteiger partial charge in [-0.1, -0.05) is 6.07 Å². The van der Waals surface area contributed by atoms with Gasteiger partial charge in [-0.05, 0) is 38.6 Å². The SMILES string of the molecule is COc1ccc(CN)cc1CN(C)C(C)C. The maximum absolute atomic E-state index is 5.65. The third kappa shape index (κ3) is 3.22. The van der Waals surface area contributed by atoms with Gasteiger partial charge in [0.15, 0.2) is 0 Å². The average molecular weight is 222 g/mol. The van der Waals surface area contributed by atoms with Crippen molar-refractivity contribution in [2.45, 2.75) is 33.0 Å². The van der Waals surface area contributed by atoms with Gasteiger partial charge in [-0.2, -0.15) is 0 Å². The molecule has 16 heavy (non-hydrogen) atoms. The molecule has 0 aliphatic carbocycles. The van der Waals surface area contributed by atoms with Crippen LogP contribution in [0.15, 0.2) is 18.2 Å². The molecule has 0 amide bonds. The van der Waals surface area contributed by atoms with Crippen LogP contribution < -0.4 is 10.5 Å². The fourth-order valence-electron chi connectivity index (χ4n) is 1.53. The summed E-state index contributed by atoms with van der Waals surface area (Å²) >= 11 is 0. The van der Waals surface area contributed by atoms with Crippen molar-refractivity contribution < 1.29 is 4.74 Å². The van der Waals surface area contributed by atoms with Crippen molar-refractivity contribution >= 4 is 0 Å². The number of nitrogens with two attached hydrogens (primary N) is 1. The Hall–Kier alpha value is -1.06. The van der Waals surface area contributed by atoms with E-state index in [2.05, 4.69) is 31.9 Å². The predicted molar refractivity (Wildman–Crippen MR) is 67.5 cm³/mol. The van der Waals surface area contributed by atoms with Crippen molar-refractivity contribution in [2.75, 3.05) is 14.2 Å². The van der Waals surface area contributed by atoms with Crippen LogP contribution in [0.1, 0.15) is 25.0 Å². The van der Waals surface area contributed by atoms with Crippen LogP contribution in [0.4, 0.5) is 0 Å². The van der Waals surface area contributed by atoms with Gasteiger partial charge in [0, 0.05) is 24.7 Å². The summed E-state index contributed by atoms with van der Waals surface area (Å²) in [7, 11) is 3.82. The van der Waals surface area contributed by atoms with E-state index in [-0.39, 0.29) is 0 Å². The summed E-state index contributed by atoms with van der Waals surface area (Å²) in [6.45, 7) is 5.82. The van der Waals surface area contributed by atoms with Gasteiger partial charge >= 0.3 is 0 Å². The van der Waals surface area contributed by atoms with E-state index in [1.807, 2.05) is 12.1 Å². The lowest BCUT2D eigenvalue weighted by Crippen LogP contribution is -2.25. The highest BCUT2D eigenvalue weighted by atomic mass is 16.5. The van der Waals surface area contributed by atoms with Crippen LogP contribution in [0.3, 0.4) is 0 Å². The topological polar surface area (TPSA) is 38.5 Å². The Labute approximate surface area is 98.2 Å². The van der Waals surface area contributed by atoms with E-state index < -0.39 is 0 Å². The fraction of sp³-hybridized carbons (Fsp3) is 0.538. The molecular weight excluding hydrogens is 200 g/mol. The molecule has 1 aromatic rings. The van der Waals surface area contributed by atoms with Gasteiger partial charge < -0.3 is 10.5 Å². The van der Waals surface area contributed by atoms with E-state index in [0.29, 0.717) is 12.6 Å². The van der Waals surface area contributed by atoms with Crippen molar-refractivity contribution in [3.05, 3.63) is 29.3 Å². The Morgan fingerprint density at radius 3 is 2.56 bits per heavy atom. The van der Waals surface area contributed by atoms with Crippen molar-refractivity contribution in [2.24, 2.45) is 5.73 Å². The van der Waals surface area contributed by atoms with Crippen LogP contribution in [0, 0.1) is 0 Å². The first kappa shape index (κ1) is 13.0. The molecule has 0 heterocycles. The highest BCUT2D eigenvalue weighted by Crippen LogP contribution is 2.21. The van der Waals surface area contributed by atoms with E-state index in [9.17, 15) is 0 Å². The van der Waals surface area contributed by atoms with Gasteiger partial charge in [0.2, 0.25) is 0 Å². The molecule has 0 spiro atoms. The molecular formula is C13H22N2O. The third-order valence-corrected chi connectivity index (χ3v) is 2.88. The van der Waals surface area contributed by atoms with Crippen molar-refractivity contribution in [1.82, 2.24) is 4.90 Å². The molecule has 2 N–H and O–H groups in total.